The third-order valence-electron chi connectivity index (χ3n) is 6.20. The minimum atomic E-state index is -1.22. The highest BCUT2D eigenvalue weighted by Gasteiger charge is 2.26. The minimum Gasteiger partial charge on any atom is -0.598 e. The van der Waals surface area contributed by atoms with Crippen LogP contribution in [0.15, 0.2) is 71.3 Å². The van der Waals surface area contributed by atoms with Crippen molar-refractivity contribution >= 4 is 28.1 Å². The lowest BCUT2D eigenvalue weighted by atomic mass is 9.94. The van der Waals surface area contributed by atoms with Crippen LogP contribution in [0.3, 0.4) is 0 Å². The molecule has 182 valence electrons. The number of aromatic nitrogens is 2. The molecule has 1 aliphatic rings. The van der Waals surface area contributed by atoms with Gasteiger partial charge in [0.25, 0.3) is 0 Å². The number of anilines is 1. The number of ether oxygens (including phenoxy) is 1. The van der Waals surface area contributed by atoms with E-state index in [2.05, 4.69) is 20.8 Å². The highest BCUT2D eigenvalue weighted by molar-refractivity contribution is 7.90. The summed E-state index contributed by atoms with van der Waals surface area (Å²) in [6.45, 7) is 6.99. The second-order valence-corrected chi connectivity index (χ2v) is 10.7. The lowest BCUT2D eigenvalue weighted by Crippen LogP contribution is -2.37. The standard InChI is InChI=1S/C27H30N4O3S/c1-19(2)35(32)30-24(18-20-8-7-13-26(28-20)31-14-16-33-17-15-31)21-9-3-4-10-22(21)27-23-11-5-6-12-25(23)34-29-27/h3-13,19,24,30H,14-18H2,1-2H3/t24-,35?/m0/s1. The van der Waals surface area contributed by atoms with Crippen molar-refractivity contribution in [3.05, 3.63) is 78.0 Å². The van der Waals surface area contributed by atoms with E-state index in [1.54, 1.807) is 0 Å². The van der Waals surface area contributed by atoms with Crippen molar-refractivity contribution in [1.82, 2.24) is 14.9 Å². The predicted octanol–water partition coefficient (Wildman–Crippen LogP) is 4.67. The van der Waals surface area contributed by atoms with Crippen LogP contribution in [-0.4, -0.2) is 46.2 Å². The molecule has 1 aliphatic heterocycles. The van der Waals surface area contributed by atoms with E-state index in [0.29, 0.717) is 19.6 Å². The molecule has 3 heterocycles. The van der Waals surface area contributed by atoms with E-state index in [9.17, 15) is 4.55 Å². The highest BCUT2D eigenvalue weighted by atomic mass is 32.2. The van der Waals surface area contributed by atoms with Crippen molar-refractivity contribution in [3.63, 3.8) is 0 Å². The van der Waals surface area contributed by atoms with E-state index < -0.39 is 11.4 Å². The molecule has 1 unspecified atom stereocenters. The summed E-state index contributed by atoms with van der Waals surface area (Å²) in [7, 11) is 0. The molecule has 1 fully saturated rings. The summed E-state index contributed by atoms with van der Waals surface area (Å²) in [5.74, 6) is 0.949. The first-order chi connectivity index (χ1) is 17.1. The first-order valence-corrected chi connectivity index (χ1v) is 13.2. The van der Waals surface area contributed by atoms with Crippen molar-refractivity contribution in [3.8, 4) is 11.3 Å². The Kier molecular flexibility index (Phi) is 7.34. The van der Waals surface area contributed by atoms with Crippen LogP contribution in [0.25, 0.3) is 22.2 Å². The number of nitrogens with one attached hydrogen (secondary N) is 1. The van der Waals surface area contributed by atoms with Gasteiger partial charge in [0.2, 0.25) is 0 Å². The van der Waals surface area contributed by atoms with Crippen molar-refractivity contribution < 1.29 is 13.8 Å². The number of fused-ring (bicyclic) bond motifs is 1. The average Bonchev–Trinajstić information content (AvgIpc) is 3.33. The topological polar surface area (TPSA) is 86.5 Å². The Bertz CT molecular complexity index is 1270. The maximum Gasteiger partial charge on any atom is 0.167 e. The van der Waals surface area contributed by atoms with Crippen LogP contribution in [0.4, 0.5) is 5.82 Å². The van der Waals surface area contributed by atoms with Gasteiger partial charge >= 0.3 is 0 Å². The third kappa shape index (κ3) is 5.36. The molecule has 0 saturated carbocycles. The zero-order chi connectivity index (χ0) is 24.2. The largest absolute Gasteiger partial charge is 0.598 e. The molecule has 0 bridgehead atoms. The first kappa shape index (κ1) is 23.8. The van der Waals surface area contributed by atoms with E-state index in [1.807, 2.05) is 74.5 Å². The number of rotatable bonds is 8. The number of morpholine rings is 1. The van der Waals surface area contributed by atoms with Gasteiger partial charge in [0.05, 0.1) is 19.3 Å². The molecule has 8 heteroatoms. The van der Waals surface area contributed by atoms with Crippen LogP contribution in [0, 0.1) is 0 Å². The lowest BCUT2D eigenvalue weighted by Gasteiger charge is -2.28. The predicted molar refractivity (Wildman–Crippen MR) is 140 cm³/mol. The Morgan fingerprint density at radius 3 is 2.60 bits per heavy atom. The van der Waals surface area contributed by atoms with Crippen molar-refractivity contribution in [1.29, 1.82) is 0 Å². The van der Waals surface area contributed by atoms with Crippen molar-refractivity contribution in [2.75, 3.05) is 31.2 Å². The fourth-order valence-corrected chi connectivity index (χ4v) is 5.11. The molecule has 2 atom stereocenters. The summed E-state index contributed by atoms with van der Waals surface area (Å²) in [6, 6.07) is 21.9. The number of nitrogens with zero attached hydrogens (tertiary/aromatic N) is 3. The molecule has 0 spiro atoms. The maximum absolute atomic E-state index is 13.0. The van der Waals surface area contributed by atoms with Crippen LogP contribution in [0.1, 0.15) is 31.1 Å². The summed E-state index contributed by atoms with van der Waals surface area (Å²) in [6.07, 6.45) is 0.587. The van der Waals surface area contributed by atoms with E-state index in [4.69, 9.17) is 14.2 Å². The summed E-state index contributed by atoms with van der Waals surface area (Å²) in [5, 5.41) is 5.32. The molecule has 1 N–H and O–H groups in total. The molecule has 1 saturated heterocycles. The van der Waals surface area contributed by atoms with E-state index in [-0.39, 0.29) is 11.3 Å². The maximum atomic E-state index is 13.0. The quantitative estimate of drug-likeness (QED) is 0.359. The number of benzene rings is 2. The van der Waals surface area contributed by atoms with Gasteiger partial charge in [-0.15, -0.1) is 4.72 Å². The smallest absolute Gasteiger partial charge is 0.167 e. The fraction of sp³-hybridized carbons (Fsp3) is 0.333. The number of pyridine rings is 1. The van der Waals surface area contributed by atoms with E-state index in [1.165, 1.54) is 0 Å². The van der Waals surface area contributed by atoms with Gasteiger partial charge in [-0.2, -0.15) is 0 Å². The fourth-order valence-electron chi connectivity index (χ4n) is 4.35. The Hall–Kier alpha value is -2.91. The molecule has 0 radical (unpaired) electrons. The normalized spacial score (nSPS) is 16.1. The summed E-state index contributed by atoms with van der Waals surface area (Å²) in [5.41, 5.74) is 4.44. The molecular weight excluding hydrogens is 460 g/mol. The van der Waals surface area contributed by atoms with Gasteiger partial charge < -0.3 is 18.7 Å². The molecule has 5 rings (SSSR count). The molecule has 0 aliphatic carbocycles. The van der Waals surface area contributed by atoms with Gasteiger partial charge in [-0.1, -0.05) is 47.6 Å². The first-order valence-electron chi connectivity index (χ1n) is 12.0. The Balaban J connectivity index is 1.51. The molecule has 35 heavy (non-hydrogen) atoms. The third-order valence-corrected chi connectivity index (χ3v) is 7.57. The highest BCUT2D eigenvalue weighted by Crippen LogP contribution is 2.34. The zero-order valence-corrected chi connectivity index (χ0v) is 20.8. The van der Waals surface area contributed by atoms with Crippen LogP contribution < -0.4 is 9.62 Å². The summed E-state index contributed by atoms with van der Waals surface area (Å²) >= 11 is -1.22. The van der Waals surface area contributed by atoms with Gasteiger partial charge in [-0.05, 0) is 43.7 Å². The molecule has 2 aromatic heterocycles. The summed E-state index contributed by atoms with van der Waals surface area (Å²) < 4.78 is 27.4. The van der Waals surface area contributed by atoms with Crippen LogP contribution in [0.5, 0.6) is 0 Å². The van der Waals surface area contributed by atoms with E-state index >= 15 is 0 Å². The Morgan fingerprint density at radius 1 is 1.00 bits per heavy atom. The average molecular weight is 491 g/mol. The van der Waals surface area contributed by atoms with Gasteiger partial charge in [-0.3, -0.25) is 0 Å². The van der Waals surface area contributed by atoms with Gasteiger partial charge in [0.15, 0.2) is 5.58 Å². The molecular formula is C27H30N4O3S. The zero-order valence-electron chi connectivity index (χ0n) is 20.0. The minimum absolute atomic E-state index is 0.0230. The Morgan fingerprint density at radius 2 is 1.77 bits per heavy atom. The van der Waals surface area contributed by atoms with Crippen LogP contribution in [-0.2, 0) is 22.5 Å². The van der Waals surface area contributed by atoms with E-state index in [0.717, 1.165) is 52.4 Å². The van der Waals surface area contributed by atoms with Crippen molar-refractivity contribution in [2.24, 2.45) is 0 Å². The van der Waals surface area contributed by atoms with Crippen LogP contribution >= 0.6 is 0 Å². The van der Waals surface area contributed by atoms with Gasteiger partial charge in [0, 0.05) is 47.5 Å². The monoisotopic (exact) mass is 490 g/mol. The second kappa shape index (κ2) is 10.8. The van der Waals surface area contributed by atoms with Gasteiger partial charge in [-0.25, -0.2) is 4.98 Å². The van der Waals surface area contributed by atoms with Crippen LogP contribution in [0.2, 0.25) is 0 Å². The number of hydrogen-bond donors (Lipinski definition) is 1. The summed E-state index contributed by atoms with van der Waals surface area (Å²) in [4.78, 5) is 7.20. The molecule has 0 amide bonds. The second-order valence-electron chi connectivity index (χ2n) is 8.92. The molecule has 7 nitrogen and oxygen atoms in total. The molecule has 4 aromatic rings. The van der Waals surface area contributed by atoms with Crippen molar-refractivity contribution in [2.45, 2.75) is 31.6 Å². The lowest BCUT2D eigenvalue weighted by molar-refractivity contribution is 0.122. The molecule has 2 aromatic carbocycles. The number of para-hydroxylation sites is 1. The number of hydrogen-bond acceptors (Lipinski definition) is 7. The van der Waals surface area contributed by atoms with Gasteiger partial charge in [0.1, 0.15) is 16.8 Å². The Labute approximate surface area is 208 Å². The SMILES string of the molecule is CC(C)[S+]([O-])N[C@@H](Cc1cccc(N2CCOCC2)n1)c1ccccc1-c1noc2ccccc12.